The van der Waals surface area contributed by atoms with Crippen LogP contribution in [0.15, 0.2) is 152 Å². The van der Waals surface area contributed by atoms with Crippen molar-refractivity contribution in [2.24, 2.45) is 40.9 Å². The zero-order valence-electron chi connectivity index (χ0n) is 31.2. The molecule has 8 unspecified atom stereocenters. The van der Waals surface area contributed by atoms with Gasteiger partial charge in [-0.25, -0.2) is 0 Å². The van der Waals surface area contributed by atoms with Crippen LogP contribution < -0.4 is 4.90 Å². The average Bonchev–Trinajstić information content (AvgIpc) is 3.53. The smallest absolute Gasteiger partial charge is 0.0450 e. The second-order valence-corrected chi connectivity index (χ2v) is 16.8. The highest BCUT2D eigenvalue weighted by Crippen LogP contribution is 2.61. The van der Waals surface area contributed by atoms with Crippen molar-refractivity contribution in [1.29, 1.82) is 0 Å². The van der Waals surface area contributed by atoms with Crippen LogP contribution in [-0.4, -0.2) is 6.04 Å². The van der Waals surface area contributed by atoms with E-state index in [2.05, 4.69) is 159 Å². The number of nitrogens with zero attached hydrogens (tertiary/aromatic N) is 1. The molecule has 0 bridgehead atoms. The lowest BCUT2D eigenvalue weighted by atomic mass is 9.46. The molecule has 1 aliphatic heterocycles. The highest BCUT2D eigenvalue weighted by molar-refractivity contribution is 5.79. The van der Waals surface area contributed by atoms with E-state index in [9.17, 15) is 0 Å². The molecule has 3 aromatic rings. The van der Waals surface area contributed by atoms with Gasteiger partial charge in [0.15, 0.2) is 0 Å². The van der Waals surface area contributed by atoms with E-state index in [1.54, 1.807) is 0 Å². The van der Waals surface area contributed by atoms with E-state index in [-0.39, 0.29) is 0 Å². The van der Waals surface area contributed by atoms with Crippen LogP contribution in [-0.2, 0) is 0 Å². The molecular formula is C51H55N. The first-order valence-corrected chi connectivity index (χ1v) is 20.4. The molecule has 0 saturated heterocycles. The molecule has 0 aromatic heterocycles. The van der Waals surface area contributed by atoms with Gasteiger partial charge >= 0.3 is 0 Å². The van der Waals surface area contributed by atoms with Crippen molar-refractivity contribution in [2.75, 3.05) is 4.90 Å². The Bertz CT molecular complexity index is 2000. The molecule has 1 heteroatoms. The molecule has 264 valence electrons. The van der Waals surface area contributed by atoms with Crippen molar-refractivity contribution in [3.8, 4) is 11.1 Å². The summed E-state index contributed by atoms with van der Waals surface area (Å²) < 4.78 is 0. The Hall–Kier alpha value is -4.36. The molecule has 1 nitrogen and oxygen atoms in total. The predicted molar refractivity (Wildman–Crippen MR) is 221 cm³/mol. The van der Waals surface area contributed by atoms with E-state index in [1.165, 1.54) is 83.3 Å². The molecule has 6 aliphatic rings. The summed E-state index contributed by atoms with van der Waals surface area (Å²) in [6.45, 7) is 9.13. The van der Waals surface area contributed by atoms with Gasteiger partial charge in [-0.15, -0.1) is 0 Å². The van der Waals surface area contributed by atoms with Crippen LogP contribution in [0.1, 0.15) is 82.3 Å². The van der Waals surface area contributed by atoms with Crippen LogP contribution in [0.25, 0.3) is 16.7 Å². The van der Waals surface area contributed by atoms with Crippen molar-refractivity contribution < 1.29 is 0 Å². The van der Waals surface area contributed by atoms with Crippen molar-refractivity contribution in [3.05, 3.63) is 163 Å². The van der Waals surface area contributed by atoms with E-state index >= 15 is 0 Å². The third kappa shape index (κ3) is 5.67. The molecule has 2 saturated carbocycles. The van der Waals surface area contributed by atoms with Gasteiger partial charge in [0.1, 0.15) is 0 Å². The number of para-hydroxylation sites is 1. The van der Waals surface area contributed by atoms with Crippen molar-refractivity contribution >= 4 is 16.9 Å². The number of allylic oxidation sites excluding steroid dienone is 13. The van der Waals surface area contributed by atoms with Crippen molar-refractivity contribution in [1.82, 2.24) is 0 Å². The normalized spacial score (nSPS) is 31.9. The van der Waals surface area contributed by atoms with Crippen LogP contribution in [0, 0.1) is 40.9 Å². The van der Waals surface area contributed by atoms with Crippen LogP contribution in [0.3, 0.4) is 0 Å². The minimum absolute atomic E-state index is 0.338. The van der Waals surface area contributed by atoms with Crippen LogP contribution in [0.4, 0.5) is 11.4 Å². The van der Waals surface area contributed by atoms with E-state index in [0.717, 1.165) is 12.8 Å². The zero-order valence-corrected chi connectivity index (χ0v) is 31.2. The number of hydrogen-bond acceptors (Lipinski definition) is 1. The Morgan fingerprint density at radius 1 is 0.865 bits per heavy atom. The summed E-state index contributed by atoms with van der Waals surface area (Å²) in [5.41, 5.74) is 11.5. The number of benzene rings is 3. The Kier molecular flexibility index (Phi) is 8.94. The van der Waals surface area contributed by atoms with Gasteiger partial charge in [0, 0.05) is 23.3 Å². The summed E-state index contributed by atoms with van der Waals surface area (Å²) in [5.74, 6) is 4.01. The lowest BCUT2D eigenvalue weighted by Gasteiger charge is -2.57. The highest BCUT2D eigenvalue weighted by Gasteiger charge is 2.54. The lowest BCUT2D eigenvalue weighted by molar-refractivity contribution is -0.00381. The quantitative estimate of drug-likeness (QED) is 0.169. The highest BCUT2D eigenvalue weighted by atomic mass is 15.2. The van der Waals surface area contributed by atoms with Crippen molar-refractivity contribution in [3.63, 3.8) is 0 Å². The molecule has 9 atom stereocenters. The van der Waals surface area contributed by atoms with Crippen LogP contribution in [0.2, 0.25) is 0 Å². The largest absolute Gasteiger partial charge is 0.338 e. The summed E-state index contributed by atoms with van der Waals surface area (Å²) in [7, 11) is 0. The maximum Gasteiger partial charge on any atom is 0.0450 e. The maximum atomic E-state index is 4.18. The summed E-state index contributed by atoms with van der Waals surface area (Å²) in [6.07, 6.45) is 36.7. The third-order valence-electron chi connectivity index (χ3n) is 14.2. The Morgan fingerprint density at radius 2 is 1.67 bits per heavy atom. The standard InChI is InChI=1S/C51H55N/c1-4-16-36(31-35(5-2)39-26-28-43-45(33-39)42-21-9-11-23-47(42)51(3)30-14-13-24-48(43)51)37-17-15-18-38(32-37)40-27-29-50-46(34-40)44-22-10-12-25-49(44)52(50)41-19-7-6-8-20-41/h4,6-9,11,13,15-21,23-24,26-29,32-35,42-45,47-49H,1,5,10,12,14,22,25,30-31H2,2-3H3/b36-16+/t35?,42?,43?,44?,45?,47?,48?,49-,51?/m0/s1. The molecule has 52 heavy (non-hydrogen) atoms. The van der Waals surface area contributed by atoms with Gasteiger partial charge in [-0.1, -0.05) is 143 Å². The average molecular weight is 682 g/mol. The van der Waals surface area contributed by atoms with Crippen LogP contribution >= 0.6 is 0 Å². The van der Waals surface area contributed by atoms with E-state index < -0.39 is 0 Å². The molecule has 0 N–H and O–H groups in total. The molecule has 0 spiro atoms. The first-order valence-electron chi connectivity index (χ1n) is 20.4. The molecule has 0 radical (unpaired) electrons. The minimum atomic E-state index is 0.338. The summed E-state index contributed by atoms with van der Waals surface area (Å²) in [6, 6.07) is 28.2. The monoisotopic (exact) mass is 681 g/mol. The van der Waals surface area contributed by atoms with E-state index in [0.29, 0.717) is 52.9 Å². The zero-order chi connectivity index (χ0) is 35.2. The Morgan fingerprint density at radius 3 is 2.54 bits per heavy atom. The molecule has 9 rings (SSSR count). The first kappa shape index (κ1) is 33.5. The molecule has 5 aliphatic carbocycles. The molecule has 2 fully saturated rings. The summed E-state index contributed by atoms with van der Waals surface area (Å²) in [5, 5.41) is 0. The Balaban J connectivity index is 0.999. The summed E-state index contributed by atoms with van der Waals surface area (Å²) >= 11 is 0. The number of hydrogen-bond donors (Lipinski definition) is 0. The topological polar surface area (TPSA) is 3.24 Å². The fourth-order valence-electron chi connectivity index (χ4n) is 11.6. The lowest BCUT2D eigenvalue weighted by Crippen LogP contribution is -2.51. The van der Waals surface area contributed by atoms with Gasteiger partial charge in [0.25, 0.3) is 0 Å². The van der Waals surface area contributed by atoms with Crippen molar-refractivity contribution in [2.45, 2.75) is 77.2 Å². The SMILES string of the molecule is C=C/C=C(\CC(CC)C1=CC2C3C=CC=CC3C3(C)CCC=CC3C2C=C1)c1cccc(-c2ccc3c(c2)C2CCCC[C@@H]2N3c2ccccc2)c1. The van der Waals surface area contributed by atoms with E-state index in [4.69, 9.17) is 0 Å². The summed E-state index contributed by atoms with van der Waals surface area (Å²) in [4.78, 5) is 2.64. The molecule has 0 amide bonds. The Labute approximate surface area is 312 Å². The van der Waals surface area contributed by atoms with Gasteiger partial charge in [-0.3, -0.25) is 0 Å². The number of anilines is 2. The van der Waals surface area contributed by atoms with Crippen LogP contribution in [0.5, 0.6) is 0 Å². The second-order valence-electron chi connectivity index (χ2n) is 16.8. The van der Waals surface area contributed by atoms with Gasteiger partial charge in [-0.2, -0.15) is 0 Å². The number of fused-ring (bicyclic) bond motifs is 9. The molecule has 1 heterocycles. The third-order valence-corrected chi connectivity index (χ3v) is 14.2. The second kappa shape index (κ2) is 13.9. The van der Waals surface area contributed by atoms with Gasteiger partial charge < -0.3 is 4.90 Å². The van der Waals surface area contributed by atoms with Gasteiger partial charge in [-0.05, 0) is 143 Å². The minimum Gasteiger partial charge on any atom is -0.338 e. The fourth-order valence-corrected chi connectivity index (χ4v) is 11.6. The van der Waals surface area contributed by atoms with E-state index in [1.807, 2.05) is 6.08 Å². The van der Waals surface area contributed by atoms with Gasteiger partial charge in [0.2, 0.25) is 0 Å². The van der Waals surface area contributed by atoms with Gasteiger partial charge in [0.05, 0.1) is 0 Å². The molecule has 3 aromatic carbocycles. The molecular weight excluding hydrogens is 627 g/mol. The number of rotatable bonds is 8. The predicted octanol–water partition coefficient (Wildman–Crippen LogP) is 13.6. The maximum absolute atomic E-state index is 4.18. The first-order chi connectivity index (χ1) is 25.6. The fraction of sp³-hybridized carbons (Fsp3) is 0.373.